The van der Waals surface area contributed by atoms with E-state index < -0.39 is 43.1 Å². The van der Waals surface area contributed by atoms with Gasteiger partial charge in [-0.3, -0.25) is 0 Å². The fourth-order valence-electron chi connectivity index (χ4n) is 1.52. The summed E-state index contributed by atoms with van der Waals surface area (Å²) in [6.45, 7) is -0.763. The molecule has 1 heterocycles. The zero-order valence-corrected chi connectivity index (χ0v) is 9.63. The third-order valence-electron chi connectivity index (χ3n) is 2.58. The van der Waals surface area contributed by atoms with Crippen LogP contribution in [0.3, 0.4) is 0 Å². The highest BCUT2D eigenvalue weighted by atomic mass is 16.6. The van der Waals surface area contributed by atoms with Crippen LogP contribution in [0.4, 0.5) is 0 Å². The zero-order chi connectivity index (χ0) is 13.9. The highest BCUT2D eigenvalue weighted by molar-refractivity contribution is 5.86. The smallest absolute Gasteiger partial charge is 0.373 e. The molecular weight excluding hydrogens is 248 g/mol. The molecular formula is C10H16O8. The molecule has 0 aliphatic carbocycles. The second-order valence-corrected chi connectivity index (χ2v) is 3.83. The lowest BCUT2D eigenvalue weighted by atomic mass is 9.96. The number of esters is 1. The van der Waals surface area contributed by atoms with Crippen molar-refractivity contribution in [1.82, 2.24) is 0 Å². The molecule has 18 heavy (non-hydrogen) atoms. The Morgan fingerprint density at radius 2 is 2.11 bits per heavy atom. The molecule has 0 fully saturated rings. The van der Waals surface area contributed by atoms with Gasteiger partial charge in [-0.25, -0.2) is 4.79 Å². The van der Waals surface area contributed by atoms with Gasteiger partial charge in [0.1, 0.15) is 24.4 Å². The van der Waals surface area contributed by atoms with Gasteiger partial charge in [0.25, 0.3) is 0 Å². The molecule has 1 aliphatic heterocycles. The summed E-state index contributed by atoms with van der Waals surface area (Å²) in [5.41, 5.74) is 0. The number of ether oxygens (including phenoxy) is 2. The summed E-state index contributed by atoms with van der Waals surface area (Å²) in [5, 5.41) is 46.7. The Bertz CT molecular complexity index is 328. The van der Waals surface area contributed by atoms with Crippen LogP contribution < -0.4 is 0 Å². The molecule has 0 amide bonds. The molecule has 0 unspecified atom stereocenters. The quantitative estimate of drug-likeness (QED) is 0.336. The Balaban J connectivity index is 2.88. The van der Waals surface area contributed by atoms with Crippen LogP contribution in [0.1, 0.15) is 0 Å². The van der Waals surface area contributed by atoms with Gasteiger partial charge >= 0.3 is 5.97 Å². The van der Waals surface area contributed by atoms with Crippen LogP contribution in [0, 0.1) is 0 Å². The molecule has 0 spiro atoms. The highest BCUT2D eigenvalue weighted by Gasteiger charge is 2.41. The summed E-state index contributed by atoms with van der Waals surface area (Å²) in [4.78, 5) is 11.2. The van der Waals surface area contributed by atoms with E-state index in [9.17, 15) is 25.2 Å². The Hall–Kier alpha value is -1.19. The van der Waals surface area contributed by atoms with Crippen molar-refractivity contribution in [2.45, 2.75) is 30.5 Å². The minimum Gasteiger partial charge on any atom is -0.478 e. The molecule has 0 aromatic carbocycles. The maximum Gasteiger partial charge on any atom is 0.373 e. The van der Waals surface area contributed by atoms with Crippen LogP contribution in [-0.4, -0.2) is 75.7 Å². The Morgan fingerprint density at radius 1 is 1.50 bits per heavy atom. The number of rotatable bonds is 4. The van der Waals surface area contributed by atoms with E-state index in [1.807, 2.05) is 0 Å². The normalized spacial score (nSPS) is 31.0. The number of hydrogen-bond donors (Lipinski definition) is 5. The minimum absolute atomic E-state index is 0.385. The van der Waals surface area contributed by atoms with Crippen LogP contribution in [0.25, 0.3) is 0 Å². The number of aliphatic hydroxyl groups excluding tert-OH is 5. The van der Waals surface area contributed by atoms with Crippen LogP contribution in [-0.2, 0) is 14.3 Å². The molecule has 8 heteroatoms. The topological polar surface area (TPSA) is 137 Å². The molecule has 1 rings (SSSR count). The molecule has 0 saturated heterocycles. The summed E-state index contributed by atoms with van der Waals surface area (Å²) < 4.78 is 9.33. The molecule has 104 valence electrons. The van der Waals surface area contributed by atoms with Crippen LogP contribution in [0.5, 0.6) is 0 Å². The third kappa shape index (κ3) is 2.98. The average Bonchev–Trinajstić information content (AvgIpc) is 2.38. The average molecular weight is 264 g/mol. The van der Waals surface area contributed by atoms with E-state index >= 15 is 0 Å². The fourth-order valence-corrected chi connectivity index (χ4v) is 1.52. The maximum absolute atomic E-state index is 11.2. The Kier molecular flexibility index (Phi) is 5.05. The summed E-state index contributed by atoms with van der Waals surface area (Å²) in [7, 11) is 1.10. The molecule has 1 aliphatic rings. The van der Waals surface area contributed by atoms with Gasteiger partial charge in [0, 0.05) is 0 Å². The van der Waals surface area contributed by atoms with Crippen molar-refractivity contribution in [3.8, 4) is 0 Å². The standard InChI is InChI=1S/C10H16O8/c1-17-10(16)6-2-4(12)7(14)9(18-6)8(15)5(13)3-11/h2,4-5,7-9,11-15H,3H2,1H3/t4-,5+,7+,8+,9+/m0/s1. The van der Waals surface area contributed by atoms with Gasteiger partial charge in [-0.05, 0) is 6.08 Å². The number of methoxy groups -OCH3 is 1. The van der Waals surface area contributed by atoms with Gasteiger partial charge in [0.15, 0.2) is 6.10 Å². The maximum atomic E-state index is 11.2. The summed E-state index contributed by atoms with van der Waals surface area (Å²) in [5.74, 6) is -1.28. The first kappa shape index (κ1) is 14.9. The Labute approximate surface area is 103 Å². The van der Waals surface area contributed by atoms with Crippen molar-refractivity contribution in [1.29, 1.82) is 0 Å². The van der Waals surface area contributed by atoms with Crippen LogP contribution >= 0.6 is 0 Å². The number of carbonyl (C=O) groups is 1. The van der Waals surface area contributed by atoms with Crippen LogP contribution in [0.2, 0.25) is 0 Å². The first-order chi connectivity index (χ1) is 8.42. The van der Waals surface area contributed by atoms with E-state index in [1.54, 1.807) is 0 Å². The molecule has 0 radical (unpaired) electrons. The zero-order valence-electron chi connectivity index (χ0n) is 9.63. The second kappa shape index (κ2) is 6.12. The number of aliphatic hydroxyl groups is 5. The first-order valence-electron chi connectivity index (χ1n) is 5.22. The van der Waals surface area contributed by atoms with Gasteiger partial charge in [-0.15, -0.1) is 0 Å². The summed E-state index contributed by atoms with van der Waals surface area (Å²) in [6.07, 6.45) is -6.78. The molecule has 0 aromatic heterocycles. The van der Waals surface area contributed by atoms with Crippen LogP contribution in [0.15, 0.2) is 11.8 Å². The van der Waals surface area contributed by atoms with Gasteiger partial charge in [-0.2, -0.15) is 0 Å². The van der Waals surface area contributed by atoms with E-state index in [0.29, 0.717) is 0 Å². The molecule has 0 aromatic rings. The molecule has 5 N–H and O–H groups in total. The van der Waals surface area contributed by atoms with Crippen molar-refractivity contribution in [2.24, 2.45) is 0 Å². The van der Waals surface area contributed by atoms with Crippen molar-refractivity contribution < 1.29 is 39.8 Å². The van der Waals surface area contributed by atoms with Crippen molar-refractivity contribution in [3.05, 3.63) is 11.8 Å². The highest BCUT2D eigenvalue weighted by Crippen LogP contribution is 2.23. The fraction of sp³-hybridized carbons (Fsp3) is 0.700. The first-order valence-corrected chi connectivity index (χ1v) is 5.22. The third-order valence-corrected chi connectivity index (χ3v) is 2.58. The molecule has 5 atom stereocenters. The predicted molar refractivity (Wildman–Crippen MR) is 56.1 cm³/mol. The summed E-state index contributed by atoms with van der Waals surface area (Å²) >= 11 is 0. The lowest BCUT2D eigenvalue weighted by molar-refractivity contribution is -0.166. The largest absolute Gasteiger partial charge is 0.478 e. The minimum atomic E-state index is -1.67. The molecule has 0 saturated carbocycles. The van der Waals surface area contributed by atoms with E-state index in [4.69, 9.17) is 9.84 Å². The molecule has 0 bridgehead atoms. The van der Waals surface area contributed by atoms with Crippen molar-refractivity contribution in [2.75, 3.05) is 13.7 Å². The SMILES string of the molecule is COC(=O)C1=C[C@H](O)[C@@H](O)[C@H]([C@H](O)[C@H](O)CO)O1. The van der Waals surface area contributed by atoms with E-state index in [1.165, 1.54) is 0 Å². The van der Waals surface area contributed by atoms with E-state index in [2.05, 4.69) is 4.74 Å². The second-order valence-electron chi connectivity index (χ2n) is 3.83. The Morgan fingerprint density at radius 3 is 2.61 bits per heavy atom. The van der Waals surface area contributed by atoms with Gasteiger partial charge in [0.2, 0.25) is 5.76 Å². The lowest BCUT2D eigenvalue weighted by Crippen LogP contribution is -2.53. The molecule has 8 nitrogen and oxygen atoms in total. The predicted octanol–water partition coefficient (Wildman–Crippen LogP) is -3.12. The number of carbonyl (C=O) groups excluding carboxylic acids is 1. The van der Waals surface area contributed by atoms with Gasteiger partial charge in [-0.1, -0.05) is 0 Å². The van der Waals surface area contributed by atoms with Crippen molar-refractivity contribution >= 4 is 5.97 Å². The summed E-state index contributed by atoms with van der Waals surface area (Å²) in [6, 6.07) is 0. The van der Waals surface area contributed by atoms with Gasteiger partial charge in [0.05, 0.1) is 13.7 Å². The van der Waals surface area contributed by atoms with E-state index in [0.717, 1.165) is 13.2 Å². The monoisotopic (exact) mass is 264 g/mol. The van der Waals surface area contributed by atoms with E-state index in [-0.39, 0.29) is 5.76 Å². The number of hydrogen-bond acceptors (Lipinski definition) is 8. The lowest BCUT2D eigenvalue weighted by Gasteiger charge is -2.35. The van der Waals surface area contributed by atoms with Crippen molar-refractivity contribution in [3.63, 3.8) is 0 Å². The van der Waals surface area contributed by atoms with Gasteiger partial charge < -0.3 is 35.0 Å².